The number of para-hydroxylation sites is 3. The fourth-order valence-corrected chi connectivity index (χ4v) is 7.51. The van der Waals surface area contributed by atoms with Crippen molar-refractivity contribution in [3.05, 3.63) is 158 Å². The van der Waals surface area contributed by atoms with Crippen LogP contribution in [-0.4, -0.2) is 19.5 Å². The molecule has 0 spiro atoms. The van der Waals surface area contributed by atoms with Gasteiger partial charge in [-0.25, -0.2) is 15.0 Å². The molecule has 11 rings (SSSR count). The summed E-state index contributed by atoms with van der Waals surface area (Å²) in [6, 6.07) is 53.9. The van der Waals surface area contributed by atoms with E-state index >= 15 is 0 Å². The van der Waals surface area contributed by atoms with Crippen LogP contribution in [0.15, 0.2) is 167 Å². The van der Waals surface area contributed by atoms with Gasteiger partial charge in [0.25, 0.3) is 0 Å². The number of hydrogen-bond donors (Lipinski definition) is 0. The van der Waals surface area contributed by atoms with Gasteiger partial charge in [-0.05, 0) is 42.5 Å². The zero-order valence-electron chi connectivity index (χ0n) is 27.1. The van der Waals surface area contributed by atoms with Gasteiger partial charge in [0.05, 0.1) is 16.7 Å². The van der Waals surface area contributed by atoms with E-state index in [1.54, 1.807) is 0 Å². The predicted octanol–water partition coefficient (Wildman–Crippen LogP) is 11.8. The molecule has 0 saturated heterocycles. The first-order valence-corrected chi connectivity index (χ1v) is 16.9. The number of furan rings is 2. The normalized spacial score (nSPS) is 11.9. The Morgan fingerprint density at radius 2 is 0.843 bits per heavy atom. The summed E-state index contributed by atoms with van der Waals surface area (Å²) in [5, 5.41) is 6.46. The van der Waals surface area contributed by atoms with Gasteiger partial charge < -0.3 is 13.4 Å². The molecule has 0 fully saturated rings. The number of aromatic nitrogens is 4. The molecule has 11 aromatic rings. The van der Waals surface area contributed by atoms with E-state index in [4.69, 9.17) is 23.8 Å². The van der Waals surface area contributed by atoms with Crippen LogP contribution in [0.5, 0.6) is 0 Å². The second kappa shape index (κ2) is 10.7. The molecule has 0 aliphatic heterocycles. The highest BCUT2D eigenvalue weighted by Crippen LogP contribution is 2.42. The Morgan fingerprint density at radius 1 is 0.353 bits per heavy atom. The summed E-state index contributed by atoms with van der Waals surface area (Å²) in [6.45, 7) is 0. The fraction of sp³-hybridized carbons (Fsp3) is 0. The third kappa shape index (κ3) is 4.20. The molecule has 0 unspecified atom stereocenters. The van der Waals surface area contributed by atoms with E-state index in [-0.39, 0.29) is 0 Å². The fourth-order valence-electron chi connectivity index (χ4n) is 7.51. The lowest BCUT2D eigenvalue weighted by atomic mass is 10.1. The largest absolute Gasteiger partial charge is 0.452 e. The topological polar surface area (TPSA) is 69.9 Å². The molecular weight excluding hydrogens is 629 g/mol. The summed E-state index contributed by atoms with van der Waals surface area (Å²) in [7, 11) is 0. The average molecular weight is 655 g/mol. The summed E-state index contributed by atoms with van der Waals surface area (Å²) in [5.41, 5.74) is 8.96. The summed E-state index contributed by atoms with van der Waals surface area (Å²) in [4.78, 5) is 14.7. The predicted molar refractivity (Wildman–Crippen MR) is 205 cm³/mol. The Kier molecular flexibility index (Phi) is 5.86. The molecule has 4 aromatic heterocycles. The smallest absolute Gasteiger partial charge is 0.178 e. The molecule has 7 aromatic carbocycles. The Hall–Kier alpha value is -7.05. The summed E-state index contributed by atoms with van der Waals surface area (Å²) in [5.74, 6) is 1.81. The molecule has 0 radical (unpaired) electrons. The quantitative estimate of drug-likeness (QED) is 0.189. The van der Waals surface area contributed by atoms with Gasteiger partial charge >= 0.3 is 0 Å². The van der Waals surface area contributed by atoms with E-state index in [2.05, 4.69) is 95.6 Å². The maximum Gasteiger partial charge on any atom is 0.178 e. The molecule has 4 heterocycles. The van der Waals surface area contributed by atoms with E-state index in [1.807, 2.05) is 66.7 Å². The highest BCUT2D eigenvalue weighted by Gasteiger charge is 2.21. The van der Waals surface area contributed by atoms with Gasteiger partial charge in [-0.1, -0.05) is 115 Å². The number of hydrogen-bond acceptors (Lipinski definition) is 5. The molecule has 0 aliphatic rings. The first-order valence-electron chi connectivity index (χ1n) is 16.9. The molecular formula is C45H26N4O2. The molecule has 0 N–H and O–H groups in total. The number of fused-ring (bicyclic) bond motifs is 10. The first kappa shape index (κ1) is 27.9. The Balaban J connectivity index is 1.11. The van der Waals surface area contributed by atoms with Crippen molar-refractivity contribution >= 4 is 65.7 Å². The lowest BCUT2D eigenvalue weighted by molar-refractivity contribution is 0.632. The molecule has 0 bridgehead atoms. The van der Waals surface area contributed by atoms with Gasteiger partial charge in [0, 0.05) is 49.0 Å². The van der Waals surface area contributed by atoms with Crippen molar-refractivity contribution < 1.29 is 8.83 Å². The zero-order chi connectivity index (χ0) is 33.5. The molecule has 0 saturated carbocycles. The van der Waals surface area contributed by atoms with Crippen molar-refractivity contribution in [2.75, 3.05) is 0 Å². The SMILES string of the molecule is c1ccc(-c2nc(-c3ccccc3)nc(-c3ccc4c(c3)oc3c4ccc4c5cccc(-n6c7ccccc7c7ccccc76)c5oc43)n2)cc1. The molecule has 0 atom stereocenters. The third-order valence-corrected chi connectivity index (χ3v) is 9.86. The standard InChI is InChI=1S/C45H26N4O2/c1-3-12-27(13-4-1)43-46-44(28-14-5-2-6-15-28)48-45(47-43)29-22-23-32-34-24-25-35-33-18-11-21-38(40(33)51-42(35)41(34)50-39(32)26-29)49-36-19-9-7-16-30(36)31-17-8-10-20-37(31)49/h1-26H. The maximum atomic E-state index is 6.84. The number of rotatable bonds is 4. The Bertz CT molecular complexity index is 3030. The van der Waals surface area contributed by atoms with Crippen LogP contribution in [0.4, 0.5) is 0 Å². The van der Waals surface area contributed by atoms with Crippen molar-refractivity contribution in [2.24, 2.45) is 0 Å². The van der Waals surface area contributed by atoms with Crippen LogP contribution in [0.25, 0.3) is 106 Å². The minimum Gasteiger partial charge on any atom is -0.452 e. The van der Waals surface area contributed by atoms with E-state index in [0.29, 0.717) is 17.5 Å². The van der Waals surface area contributed by atoms with Crippen molar-refractivity contribution in [3.63, 3.8) is 0 Å². The monoisotopic (exact) mass is 654 g/mol. The van der Waals surface area contributed by atoms with E-state index < -0.39 is 0 Å². The van der Waals surface area contributed by atoms with Gasteiger partial charge in [-0.15, -0.1) is 0 Å². The molecule has 0 amide bonds. The van der Waals surface area contributed by atoms with E-state index in [1.165, 1.54) is 10.8 Å². The second-order valence-electron chi connectivity index (χ2n) is 12.8. The summed E-state index contributed by atoms with van der Waals surface area (Å²) >= 11 is 0. The van der Waals surface area contributed by atoms with Crippen LogP contribution in [0.3, 0.4) is 0 Å². The van der Waals surface area contributed by atoms with Gasteiger partial charge in [-0.2, -0.15) is 0 Å². The summed E-state index contributed by atoms with van der Waals surface area (Å²) in [6.07, 6.45) is 0. The Labute approximate surface area is 290 Å². The van der Waals surface area contributed by atoms with Crippen molar-refractivity contribution in [2.45, 2.75) is 0 Å². The molecule has 0 aliphatic carbocycles. The van der Waals surface area contributed by atoms with Crippen molar-refractivity contribution in [1.29, 1.82) is 0 Å². The van der Waals surface area contributed by atoms with Crippen LogP contribution in [0.2, 0.25) is 0 Å². The van der Waals surface area contributed by atoms with Crippen LogP contribution in [-0.2, 0) is 0 Å². The highest BCUT2D eigenvalue weighted by molar-refractivity contribution is 6.20. The minimum atomic E-state index is 0.578. The number of benzene rings is 7. The van der Waals surface area contributed by atoms with Gasteiger partial charge in [0.15, 0.2) is 34.2 Å². The van der Waals surface area contributed by atoms with Crippen LogP contribution in [0, 0.1) is 0 Å². The maximum absolute atomic E-state index is 6.84. The van der Waals surface area contributed by atoms with Gasteiger partial charge in [-0.3, -0.25) is 0 Å². The molecule has 6 heteroatoms. The first-order chi connectivity index (χ1) is 25.3. The summed E-state index contributed by atoms with van der Waals surface area (Å²) < 4.78 is 15.8. The average Bonchev–Trinajstić information content (AvgIpc) is 3.88. The lowest BCUT2D eigenvalue weighted by Gasteiger charge is -2.08. The third-order valence-electron chi connectivity index (χ3n) is 9.86. The van der Waals surface area contributed by atoms with Crippen molar-refractivity contribution in [3.8, 4) is 39.9 Å². The number of nitrogens with zero attached hydrogens (tertiary/aromatic N) is 4. The van der Waals surface area contributed by atoms with Crippen molar-refractivity contribution in [1.82, 2.24) is 19.5 Å². The van der Waals surface area contributed by atoms with Crippen LogP contribution in [0.1, 0.15) is 0 Å². The lowest BCUT2D eigenvalue weighted by Crippen LogP contribution is -2.00. The zero-order valence-corrected chi connectivity index (χ0v) is 27.1. The van der Waals surface area contributed by atoms with E-state index in [9.17, 15) is 0 Å². The highest BCUT2D eigenvalue weighted by atomic mass is 16.4. The minimum absolute atomic E-state index is 0.578. The molecule has 238 valence electrons. The molecule has 51 heavy (non-hydrogen) atoms. The van der Waals surface area contributed by atoms with Crippen LogP contribution < -0.4 is 0 Å². The van der Waals surface area contributed by atoms with Gasteiger partial charge in [0.1, 0.15) is 5.58 Å². The Morgan fingerprint density at radius 3 is 1.49 bits per heavy atom. The molecule has 6 nitrogen and oxygen atoms in total. The van der Waals surface area contributed by atoms with Gasteiger partial charge in [0.2, 0.25) is 0 Å². The van der Waals surface area contributed by atoms with E-state index in [0.717, 1.165) is 77.3 Å². The second-order valence-corrected chi connectivity index (χ2v) is 12.8. The van der Waals surface area contributed by atoms with Crippen LogP contribution >= 0.6 is 0 Å².